The average molecular weight is 388 g/mol. The Morgan fingerprint density at radius 1 is 1.04 bits per heavy atom. The van der Waals surface area contributed by atoms with Gasteiger partial charge in [-0.2, -0.15) is 0 Å². The Morgan fingerprint density at radius 3 is 2.54 bits per heavy atom. The van der Waals surface area contributed by atoms with Crippen LogP contribution in [0.25, 0.3) is 0 Å². The molecule has 1 atom stereocenters. The standard InChI is InChI=1S/C21H29FN4O2/c22-17-8-6-16(7-9-17)14-25-13-12-24-10-3-11-26(15-19(24)20(25)27)21(28)23-18-4-1-2-5-18/h6-9,18-19H,1-5,10-15H2,(H,23,28). The first-order valence-electron chi connectivity index (χ1n) is 10.4. The third-order valence-electron chi connectivity index (χ3n) is 6.22. The van der Waals surface area contributed by atoms with Gasteiger partial charge < -0.3 is 15.1 Å². The second-order valence-electron chi connectivity index (χ2n) is 8.17. The highest BCUT2D eigenvalue weighted by molar-refractivity contribution is 5.84. The van der Waals surface area contributed by atoms with Crippen molar-refractivity contribution < 1.29 is 14.0 Å². The summed E-state index contributed by atoms with van der Waals surface area (Å²) in [6.45, 7) is 3.94. The minimum atomic E-state index is -0.286. The molecule has 3 amide bonds. The molecule has 2 aliphatic heterocycles. The van der Waals surface area contributed by atoms with Crippen LogP contribution in [0.15, 0.2) is 24.3 Å². The lowest BCUT2D eigenvalue weighted by atomic mass is 10.1. The van der Waals surface area contributed by atoms with Gasteiger partial charge in [-0.3, -0.25) is 9.69 Å². The second kappa shape index (κ2) is 8.47. The number of piperazine rings is 1. The van der Waals surface area contributed by atoms with Crippen molar-refractivity contribution in [2.75, 3.05) is 32.7 Å². The number of amides is 3. The SMILES string of the molecule is O=C(NC1CCCC1)N1CCCN2CCN(Cc3ccc(F)cc3)C(=O)C2C1. The number of fused-ring (bicyclic) bond motifs is 1. The van der Waals surface area contributed by atoms with Gasteiger partial charge in [0.05, 0.1) is 0 Å². The molecule has 1 aromatic rings. The molecule has 0 radical (unpaired) electrons. The summed E-state index contributed by atoms with van der Waals surface area (Å²) in [5.41, 5.74) is 0.924. The van der Waals surface area contributed by atoms with Crippen molar-refractivity contribution in [1.29, 1.82) is 0 Å². The number of hydrogen-bond acceptors (Lipinski definition) is 3. The summed E-state index contributed by atoms with van der Waals surface area (Å²) in [5, 5.41) is 3.15. The van der Waals surface area contributed by atoms with E-state index >= 15 is 0 Å². The molecule has 1 unspecified atom stereocenters. The molecule has 3 aliphatic rings. The van der Waals surface area contributed by atoms with Crippen LogP contribution in [0.2, 0.25) is 0 Å². The molecule has 152 valence electrons. The van der Waals surface area contributed by atoms with Gasteiger partial charge in [0.2, 0.25) is 5.91 Å². The van der Waals surface area contributed by atoms with E-state index in [1.54, 1.807) is 12.1 Å². The summed E-state index contributed by atoms with van der Waals surface area (Å²) in [4.78, 5) is 31.8. The van der Waals surface area contributed by atoms with Gasteiger partial charge in [0.1, 0.15) is 11.9 Å². The van der Waals surface area contributed by atoms with E-state index in [1.807, 2.05) is 9.80 Å². The van der Waals surface area contributed by atoms with E-state index in [-0.39, 0.29) is 29.8 Å². The van der Waals surface area contributed by atoms with Crippen molar-refractivity contribution >= 4 is 11.9 Å². The highest BCUT2D eigenvalue weighted by Crippen LogP contribution is 2.21. The summed E-state index contributed by atoms with van der Waals surface area (Å²) in [7, 11) is 0. The minimum absolute atomic E-state index is 0.0304. The molecule has 0 bridgehead atoms. The van der Waals surface area contributed by atoms with Gasteiger partial charge in [-0.15, -0.1) is 0 Å². The fraction of sp³-hybridized carbons (Fsp3) is 0.619. The van der Waals surface area contributed by atoms with Crippen LogP contribution >= 0.6 is 0 Å². The number of nitrogens with one attached hydrogen (secondary N) is 1. The Bertz CT molecular complexity index is 705. The van der Waals surface area contributed by atoms with Crippen LogP contribution in [-0.4, -0.2) is 71.4 Å². The topological polar surface area (TPSA) is 55.9 Å². The Hall–Kier alpha value is -2.15. The smallest absolute Gasteiger partial charge is 0.317 e. The molecule has 1 N–H and O–H groups in total. The molecule has 3 fully saturated rings. The fourth-order valence-electron chi connectivity index (χ4n) is 4.60. The number of carbonyl (C=O) groups is 2. The maximum atomic E-state index is 13.1. The molecule has 6 nitrogen and oxygen atoms in total. The zero-order chi connectivity index (χ0) is 19.5. The number of nitrogens with zero attached hydrogens (tertiary/aromatic N) is 3. The number of carbonyl (C=O) groups excluding carboxylic acids is 2. The highest BCUT2D eigenvalue weighted by atomic mass is 19.1. The quantitative estimate of drug-likeness (QED) is 0.864. The van der Waals surface area contributed by atoms with Crippen molar-refractivity contribution in [2.24, 2.45) is 0 Å². The molecule has 0 aromatic heterocycles. The summed E-state index contributed by atoms with van der Waals surface area (Å²) < 4.78 is 13.1. The molecule has 1 saturated carbocycles. The lowest BCUT2D eigenvalue weighted by Gasteiger charge is -2.40. The van der Waals surface area contributed by atoms with E-state index in [0.29, 0.717) is 26.2 Å². The molecule has 7 heteroatoms. The van der Waals surface area contributed by atoms with E-state index < -0.39 is 0 Å². The van der Waals surface area contributed by atoms with Gasteiger partial charge in [-0.1, -0.05) is 25.0 Å². The first-order chi connectivity index (χ1) is 13.6. The lowest BCUT2D eigenvalue weighted by molar-refractivity contribution is -0.142. The molecule has 0 spiro atoms. The molecule has 1 aliphatic carbocycles. The minimum Gasteiger partial charge on any atom is -0.336 e. The van der Waals surface area contributed by atoms with Crippen molar-refractivity contribution in [1.82, 2.24) is 20.0 Å². The number of rotatable bonds is 3. The third kappa shape index (κ3) is 4.29. The van der Waals surface area contributed by atoms with Crippen molar-refractivity contribution in [3.8, 4) is 0 Å². The first kappa shape index (κ1) is 19.2. The first-order valence-corrected chi connectivity index (χ1v) is 10.4. The van der Waals surface area contributed by atoms with Crippen LogP contribution in [0.1, 0.15) is 37.7 Å². The molecule has 4 rings (SSSR count). The van der Waals surface area contributed by atoms with Gasteiger partial charge in [0.25, 0.3) is 0 Å². The van der Waals surface area contributed by atoms with Gasteiger partial charge in [0, 0.05) is 45.3 Å². The van der Waals surface area contributed by atoms with Crippen LogP contribution in [0.5, 0.6) is 0 Å². The Kier molecular flexibility index (Phi) is 5.80. The predicted molar refractivity (Wildman–Crippen MR) is 104 cm³/mol. The van der Waals surface area contributed by atoms with Crippen molar-refractivity contribution in [2.45, 2.75) is 50.7 Å². The molecule has 1 aromatic carbocycles. The maximum Gasteiger partial charge on any atom is 0.317 e. The second-order valence-corrected chi connectivity index (χ2v) is 8.17. The zero-order valence-electron chi connectivity index (χ0n) is 16.3. The van der Waals surface area contributed by atoms with E-state index in [4.69, 9.17) is 0 Å². The Balaban J connectivity index is 1.40. The van der Waals surface area contributed by atoms with Gasteiger partial charge in [-0.05, 0) is 37.0 Å². The summed E-state index contributed by atoms with van der Waals surface area (Å²) in [6.07, 6.45) is 5.36. The monoisotopic (exact) mass is 388 g/mol. The fourth-order valence-corrected chi connectivity index (χ4v) is 4.60. The Morgan fingerprint density at radius 2 is 1.79 bits per heavy atom. The van der Waals surface area contributed by atoms with E-state index in [2.05, 4.69) is 10.2 Å². The molecule has 28 heavy (non-hydrogen) atoms. The van der Waals surface area contributed by atoms with E-state index in [0.717, 1.165) is 37.9 Å². The van der Waals surface area contributed by atoms with Gasteiger partial charge >= 0.3 is 6.03 Å². The van der Waals surface area contributed by atoms with Crippen LogP contribution in [0, 0.1) is 5.82 Å². The maximum absolute atomic E-state index is 13.1. The predicted octanol–water partition coefficient (Wildman–Crippen LogP) is 2.20. The Labute approximate surface area is 165 Å². The van der Waals surface area contributed by atoms with Crippen LogP contribution in [-0.2, 0) is 11.3 Å². The number of hydrogen-bond donors (Lipinski definition) is 1. The van der Waals surface area contributed by atoms with Crippen LogP contribution in [0.3, 0.4) is 0 Å². The highest BCUT2D eigenvalue weighted by Gasteiger charge is 2.38. The van der Waals surface area contributed by atoms with Gasteiger partial charge in [0.15, 0.2) is 0 Å². The molecule has 2 heterocycles. The number of urea groups is 1. The van der Waals surface area contributed by atoms with Gasteiger partial charge in [-0.25, -0.2) is 9.18 Å². The van der Waals surface area contributed by atoms with Crippen LogP contribution < -0.4 is 5.32 Å². The normalized spacial score (nSPS) is 24.2. The number of benzene rings is 1. The summed E-state index contributed by atoms with van der Waals surface area (Å²) in [6, 6.07) is 6.27. The van der Waals surface area contributed by atoms with E-state index in [1.165, 1.54) is 25.0 Å². The summed E-state index contributed by atoms with van der Waals surface area (Å²) in [5.74, 6) is -0.205. The zero-order valence-corrected chi connectivity index (χ0v) is 16.3. The number of halogens is 1. The largest absolute Gasteiger partial charge is 0.336 e. The van der Waals surface area contributed by atoms with Crippen LogP contribution in [0.4, 0.5) is 9.18 Å². The summed E-state index contributed by atoms with van der Waals surface area (Å²) >= 11 is 0. The van der Waals surface area contributed by atoms with Crippen molar-refractivity contribution in [3.63, 3.8) is 0 Å². The molecular weight excluding hydrogens is 359 g/mol. The average Bonchev–Trinajstić information content (AvgIpc) is 3.09. The lowest BCUT2D eigenvalue weighted by Crippen LogP contribution is -2.59. The van der Waals surface area contributed by atoms with Crippen molar-refractivity contribution in [3.05, 3.63) is 35.6 Å². The molecular formula is C21H29FN4O2. The molecule has 2 saturated heterocycles. The third-order valence-corrected chi connectivity index (χ3v) is 6.22. The van der Waals surface area contributed by atoms with E-state index in [9.17, 15) is 14.0 Å².